The van der Waals surface area contributed by atoms with E-state index in [0.29, 0.717) is 5.69 Å². The van der Waals surface area contributed by atoms with E-state index in [1.54, 1.807) is 6.07 Å². The number of hydrogen-bond donors (Lipinski definition) is 2. The van der Waals surface area contributed by atoms with Gasteiger partial charge < -0.3 is 11.1 Å². The zero-order chi connectivity index (χ0) is 13.9. The molecule has 3 N–H and O–H groups in total. The van der Waals surface area contributed by atoms with Gasteiger partial charge in [-0.15, -0.1) is 12.4 Å². The van der Waals surface area contributed by atoms with Gasteiger partial charge in [-0.1, -0.05) is 32.9 Å². The third-order valence-electron chi connectivity index (χ3n) is 2.62. The minimum absolute atomic E-state index is 0. The van der Waals surface area contributed by atoms with Crippen LogP contribution in [0.2, 0.25) is 0 Å². The summed E-state index contributed by atoms with van der Waals surface area (Å²) < 4.78 is 25.0. The number of nitrogens with two attached hydrogens (primary N) is 1. The van der Waals surface area contributed by atoms with Gasteiger partial charge in [-0.05, 0) is 17.5 Å². The number of hydrogen-bond acceptors (Lipinski definition) is 2. The largest absolute Gasteiger partial charge is 0.325 e. The Balaban J connectivity index is 0.00000324. The lowest BCUT2D eigenvalue weighted by molar-refractivity contribution is -0.119. The summed E-state index contributed by atoms with van der Waals surface area (Å²) in [5, 5.41) is 2.55. The Morgan fingerprint density at radius 3 is 2.37 bits per heavy atom. The molecule has 0 saturated heterocycles. The second kappa shape index (κ2) is 6.82. The van der Waals surface area contributed by atoms with Gasteiger partial charge in [0.05, 0.1) is 6.04 Å². The first-order valence-electron chi connectivity index (χ1n) is 5.66. The standard InChI is InChI=1S/C13H18F2N2O.ClH/c1-13(2,3)10(16)12(18)17-9-6-4-5-8(7-9)11(14)15;/h4-7,10-11H,16H2,1-3H3,(H,17,18);1H/t10-;/m1./s1. The molecule has 0 aliphatic heterocycles. The van der Waals surface area contributed by atoms with Crippen LogP contribution >= 0.6 is 12.4 Å². The summed E-state index contributed by atoms with van der Waals surface area (Å²) >= 11 is 0. The van der Waals surface area contributed by atoms with Crippen molar-refractivity contribution < 1.29 is 13.6 Å². The number of carbonyl (C=O) groups is 1. The van der Waals surface area contributed by atoms with Crippen LogP contribution in [0.4, 0.5) is 14.5 Å². The molecule has 1 atom stereocenters. The minimum Gasteiger partial charge on any atom is -0.325 e. The van der Waals surface area contributed by atoms with Crippen molar-refractivity contribution in [2.24, 2.45) is 11.1 Å². The second-order valence-corrected chi connectivity index (χ2v) is 5.26. The Labute approximate surface area is 118 Å². The third-order valence-corrected chi connectivity index (χ3v) is 2.62. The maximum atomic E-state index is 12.5. The molecule has 1 rings (SSSR count). The van der Waals surface area contributed by atoms with Crippen molar-refractivity contribution in [2.75, 3.05) is 5.32 Å². The number of anilines is 1. The lowest BCUT2D eigenvalue weighted by Gasteiger charge is -2.25. The van der Waals surface area contributed by atoms with Gasteiger partial charge >= 0.3 is 0 Å². The molecule has 0 spiro atoms. The zero-order valence-corrected chi connectivity index (χ0v) is 11.9. The highest BCUT2D eigenvalue weighted by Gasteiger charge is 2.27. The normalized spacial score (nSPS) is 12.8. The Morgan fingerprint density at radius 1 is 1.32 bits per heavy atom. The number of nitrogens with one attached hydrogen (secondary N) is 1. The van der Waals surface area contributed by atoms with Crippen LogP contribution in [0.25, 0.3) is 0 Å². The summed E-state index contributed by atoms with van der Waals surface area (Å²) in [4.78, 5) is 11.8. The average Bonchev–Trinajstić information content (AvgIpc) is 2.27. The molecule has 0 aliphatic rings. The zero-order valence-electron chi connectivity index (χ0n) is 11.1. The Bertz CT molecular complexity index is 433. The van der Waals surface area contributed by atoms with E-state index in [1.807, 2.05) is 20.8 Å². The highest BCUT2D eigenvalue weighted by Crippen LogP contribution is 2.23. The first kappa shape index (κ1) is 17.8. The SMILES string of the molecule is CC(C)(C)[C@H](N)C(=O)Nc1cccc(C(F)F)c1.Cl. The summed E-state index contributed by atoms with van der Waals surface area (Å²) in [5.74, 6) is -0.381. The number of halogens is 3. The number of alkyl halides is 2. The summed E-state index contributed by atoms with van der Waals surface area (Å²) in [6, 6.07) is 4.88. The first-order chi connectivity index (χ1) is 8.21. The van der Waals surface area contributed by atoms with E-state index in [9.17, 15) is 13.6 Å². The summed E-state index contributed by atoms with van der Waals surface area (Å²) in [6.07, 6.45) is -2.56. The van der Waals surface area contributed by atoms with Gasteiger partial charge in [0.25, 0.3) is 6.43 Å². The predicted octanol–water partition coefficient (Wildman–Crippen LogP) is 3.36. The van der Waals surface area contributed by atoms with Crippen LogP contribution in [0, 0.1) is 5.41 Å². The fourth-order valence-electron chi connectivity index (χ4n) is 1.37. The van der Waals surface area contributed by atoms with Crippen molar-refractivity contribution in [1.29, 1.82) is 0 Å². The number of amides is 1. The molecule has 19 heavy (non-hydrogen) atoms. The smallest absolute Gasteiger partial charge is 0.263 e. The molecular weight excluding hydrogens is 274 g/mol. The maximum Gasteiger partial charge on any atom is 0.263 e. The van der Waals surface area contributed by atoms with Crippen LogP contribution in [-0.4, -0.2) is 11.9 Å². The van der Waals surface area contributed by atoms with Gasteiger partial charge in [-0.2, -0.15) is 0 Å². The van der Waals surface area contributed by atoms with Crippen molar-refractivity contribution in [3.05, 3.63) is 29.8 Å². The van der Waals surface area contributed by atoms with Gasteiger partial charge in [-0.3, -0.25) is 4.79 Å². The summed E-state index contributed by atoms with van der Waals surface area (Å²) in [6.45, 7) is 5.52. The molecule has 0 radical (unpaired) electrons. The Kier molecular flexibility index (Phi) is 6.39. The van der Waals surface area contributed by atoms with Gasteiger partial charge in [0.1, 0.15) is 0 Å². The molecule has 1 amide bonds. The first-order valence-corrected chi connectivity index (χ1v) is 5.66. The van der Waals surface area contributed by atoms with Crippen molar-refractivity contribution in [3.63, 3.8) is 0 Å². The van der Waals surface area contributed by atoms with Crippen LogP contribution < -0.4 is 11.1 Å². The molecule has 1 aromatic rings. The van der Waals surface area contributed by atoms with E-state index < -0.39 is 12.5 Å². The van der Waals surface area contributed by atoms with E-state index in [4.69, 9.17) is 5.73 Å². The lowest BCUT2D eigenvalue weighted by Crippen LogP contribution is -2.45. The highest BCUT2D eigenvalue weighted by atomic mass is 35.5. The summed E-state index contributed by atoms with van der Waals surface area (Å²) in [7, 11) is 0. The van der Waals surface area contributed by atoms with Crippen LogP contribution in [0.3, 0.4) is 0 Å². The van der Waals surface area contributed by atoms with Gasteiger partial charge in [-0.25, -0.2) is 8.78 Å². The van der Waals surface area contributed by atoms with Crippen LogP contribution in [0.15, 0.2) is 24.3 Å². The fourth-order valence-corrected chi connectivity index (χ4v) is 1.37. The van der Waals surface area contributed by atoms with Gasteiger partial charge in [0.15, 0.2) is 0 Å². The topological polar surface area (TPSA) is 55.1 Å². The number of benzene rings is 1. The molecule has 0 bridgehead atoms. The quantitative estimate of drug-likeness (QED) is 0.897. The number of carbonyl (C=O) groups excluding carboxylic acids is 1. The molecular formula is C13H19ClF2N2O. The fraction of sp³-hybridized carbons (Fsp3) is 0.462. The van der Waals surface area contributed by atoms with Crippen molar-refractivity contribution in [1.82, 2.24) is 0 Å². The molecule has 0 saturated carbocycles. The third kappa shape index (κ3) is 5.12. The van der Waals surface area contributed by atoms with Crippen molar-refractivity contribution in [2.45, 2.75) is 33.2 Å². The molecule has 6 heteroatoms. The van der Waals surface area contributed by atoms with E-state index in [0.717, 1.165) is 0 Å². The molecule has 0 fully saturated rings. The van der Waals surface area contributed by atoms with Crippen LogP contribution in [0.5, 0.6) is 0 Å². The van der Waals surface area contributed by atoms with E-state index in [2.05, 4.69) is 5.32 Å². The minimum atomic E-state index is -2.56. The predicted molar refractivity (Wildman–Crippen MR) is 74.7 cm³/mol. The van der Waals surface area contributed by atoms with Crippen LogP contribution in [0.1, 0.15) is 32.8 Å². The lowest BCUT2D eigenvalue weighted by atomic mass is 9.87. The van der Waals surface area contributed by atoms with E-state index in [1.165, 1.54) is 18.2 Å². The maximum absolute atomic E-state index is 12.5. The molecule has 0 unspecified atom stereocenters. The molecule has 1 aromatic carbocycles. The van der Waals surface area contributed by atoms with Crippen LogP contribution in [-0.2, 0) is 4.79 Å². The van der Waals surface area contributed by atoms with Crippen molar-refractivity contribution >= 4 is 24.0 Å². The molecule has 0 aliphatic carbocycles. The molecule has 3 nitrogen and oxygen atoms in total. The van der Waals surface area contributed by atoms with E-state index >= 15 is 0 Å². The summed E-state index contributed by atoms with van der Waals surface area (Å²) in [5.41, 5.74) is 5.60. The van der Waals surface area contributed by atoms with Gasteiger partial charge in [0.2, 0.25) is 5.91 Å². The Morgan fingerprint density at radius 2 is 1.89 bits per heavy atom. The van der Waals surface area contributed by atoms with Crippen molar-refractivity contribution in [3.8, 4) is 0 Å². The Hall–Kier alpha value is -1.20. The average molecular weight is 293 g/mol. The van der Waals surface area contributed by atoms with E-state index in [-0.39, 0.29) is 29.3 Å². The number of rotatable bonds is 3. The highest BCUT2D eigenvalue weighted by molar-refractivity contribution is 5.95. The molecule has 0 heterocycles. The van der Waals surface area contributed by atoms with Gasteiger partial charge in [0, 0.05) is 11.3 Å². The second-order valence-electron chi connectivity index (χ2n) is 5.26. The molecule has 108 valence electrons. The molecule has 0 aromatic heterocycles. The monoisotopic (exact) mass is 292 g/mol.